The lowest BCUT2D eigenvalue weighted by molar-refractivity contribution is 0.0527. The summed E-state index contributed by atoms with van der Waals surface area (Å²) in [6, 6.07) is 15.1. The van der Waals surface area contributed by atoms with E-state index in [2.05, 4.69) is 4.98 Å². The van der Waals surface area contributed by atoms with Crippen LogP contribution in [-0.2, 0) is 4.74 Å². The van der Waals surface area contributed by atoms with Crippen molar-refractivity contribution in [3.8, 4) is 22.6 Å². The number of rotatable bonds is 4. The van der Waals surface area contributed by atoms with Crippen LogP contribution in [0.15, 0.2) is 59.1 Å². The number of carbonyl (C=O) groups excluding carboxylic acids is 1. The molecule has 0 fully saturated rings. The number of hydrogen-bond acceptors (Lipinski definition) is 4. The van der Waals surface area contributed by atoms with E-state index in [1.54, 1.807) is 13.1 Å². The topological polar surface area (TPSA) is 52.3 Å². The van der Waals surface area contributed by atoms with Crippen molar-refractivity contribution < 1.29 is 13.9 Å². The summed E-state index contributed by atoms with van der Waals surface area (Å²) in [6.45, 7) is 3.92. The molecule has 2 aromatic heterocycles. The van der Waals surface area contributed by atoms with Crippen molar-refractivity contribution in [1.82, 2.24) is 4.98 Å². The molecule has 0 atom stereocenters. The van der Waals surface area contributed by atoms with Gasteiger partial charge in [0.05, 0.1) is 17.9 Å². The van der Waals surface area contributed by atoms with Crippen molar-refractivity contribution >= 4 is 5.97 Å². The maximum Gasteiger partial charge on any atom is 0.342 e. The van der Waals surface area contributed by atoms with E-state index in [0.29, 0.717) is 34.9 Å². The Hall–Kier alpha value is -2.88. The Balaban J connectivity index is 2.24. The maximum absolute atomic E-state index is 12.5. The number of furan rings is 1. The summed E-state index contributed by atoms with van der Waals surface area (Å²) in [5, 5.41) is 0. The highest BCUT2D eigenvalue weighted by Crippen LogP contribution is 2.37. The Morgan fingerprint density at radius 1 is 1.13 bits per heavy atom. The van der Waals surface area contributed by atoms with E-state index in [4.69, 9.17) is 9.15 Å². The van der Waals surface area contributed by atoms with E-state index < -0.39 is 5.97 Å². The quantitative estimate of drug-likeness (QED) is 0.666. The van der Waals surface area contributed by atoms with Gasteiger partial charge in [0.1, 0.15) is 17.1 Å². The number of pyridine rings is 1. The van der Waals surface area contributed by atoms with Crippen LogP contribution in [0.25, 0.3) is 22.6 Å². The van der Waals surface area contributed by atoms with Gasteiger partial charge in [-0.3, -0.25) is 4.98 Å². The lowest BCUT2D eigenvalue weighted by atomic mass is 10.0. The summed E-state index contributed by atoms with van der Waals surface area (Å²) >= 11 is 0. The van der Waals surface area contributed by atoms with Gasteiger partial charge in [-0.15, -0.1) is 0 Å². The smallest absolute Gasteiger partial charge is 0.342 e. The molecule has 0 aliphatic rings. The number of esters is 1. The summed E-state index contributed by atoms with van der Waals surface area (Å²) in [4.78, 5) is 16.9. The van der Waals surface area contributed by atoms with Gasteiger partial charge in [0.2, 0.25) is 0 Å². The maximum atomic E-state index is 12.5. The highest BCUT2D eigenvalue weighted by atomic mass is 16.5. The fraction of sp³-hybridized carbons (Fsp3) is 0.158. The molecule has 0 spiro atoms. The molecule has 116 valence electrons. The van der Waals surface area contributed by atoms with Crippen molar-refractivity contribution in [1.29, 1.82) is 0 Å². The summed E-state index contributed by atoms with van der Waals surface area (Å²) in [5.41, 5.74) is 2.64. The summed E-state index contributed by atoms with van der Waals surface area (Å²) in [7, 11) is 0. The highest BCUT2D eigenvalue weighted by Gasteiger charge is 2.27. The fourth-order valence-corrected chi connectivity index (χ4v) is 2.55. The van der Waals surface area contributed by atoms with Crippen molar-refractivity contribution in [2.45, 2.75) is 13.8 Å². The van der Waals surface area contributed by atoms with Gasteiger partial charge >= 0.3 is 5.97 Å². The first-order valence-electron chi connectivity index (χ1n) is 7.49. The van der Waals surface area contributed by atoms with Crippen LogP contribution < -0.4 is 0 Å². The minimum Gasteiger partial charge on any atom is -0.462 e. The summed E-state index contributed by atoms with van der Waals surface area (Å²) < 4.78 is 11.2. The molecule has 23 heavy (non-hydrogen) atoms. The molecular formula is C19H17NO3. The van der Waals surface area contributed by atoms with Crippen LogP contribution >= 0.6 is 0 Å². The predicted molar refractivity (Wildman–Crippen MR) is 88.1 cm³/mol. The Morgan fingerprint density at radius 3 is 2.52 bits per heavy atom. The van der Waals surface area contributed by atoms with Crippen LogP contribution in [0.3, 0.4) is 0 Å². The molecule has 0 unspecified atom stereocenters. The van der Waals surface area contributed by atoms with Crippen molar-refractivity contribution in [3.63, 3.8) is 0 Å². The average molecular weight is 307 g/mol. The molecule has 0 bridgehead atoms. The Labute approximate surface area is 134 Å². The van der Waals surface area contributed by atoms with Gasteiger partial charge in [0.25, 0.3) is 0 Å². The van der Waals surface area contributed by atoms with E-state index >= 15 is 0 Å². The summed E-state index contributed by atoms with van der Waals surface area (Å²) in [5.74, 6) is 0.761. The second-order valence-electron chi connectivity index (χ2n) is 5.04. The minimum atomic E-state index is -0.399. The normalized spacial score (nSPS) is 10.5. The zero-order chi connectivity index (χ0) is 16.2. The van der Waals surface area contributed by atoms with Gasteiger partial charge in [-0.1, -0.05) is 36.4 Å². The number of nitrogens with zero attached hydrogens (tertiary/aromatic N) is 1. The van der Waals surface area contributed by atoms with Crippen LogP contribution in [0.4, 0.5) is 0 Å². The minimum absolute atomic E-state index is 0.305. The molecule has 4 heteroatoms. The molecule has 0 N–H and O–H groups in total. The first-order chi connectivity index (χ1) is 11.2. The molecule has 0 aliphatic carbocycles. The molecule has 0 saturated carbocycles. The molecule has 3 rings (SSSR count). The molecule has 3 aromatic rings. The zero-order valence-electron chi connectivity index (χ0n) is 13.1. The Kier molecular flexibility index (Phi) is 4.24. The molecule has 0 saturated heterocycles. The third kappa shape index (κ3) is 2.88. The Morgan fingerprint density at radius 2 is 1.87 bits per heavy atom. The van der Waals surface area contributed by atoms with Crippen molar-refractivity contribution in [2.75, 3.05) is 6.61 Å². The summed E-state index contributed by atoms with van der Waals surface area (Å²) in [6.07, 6.45) is 1.69. The largest absolute Gasteiger partial charge is 0.462 e. The molecule has 4 nitrogen and oxygen atoms in total. The number of ether oxygens (including phenoxy) is 1. The second-order valence-corrected chi connectivity index (χ2v) is 5.04. The fourth-order valence-electron chi connectivity index (χ4n) is 2.55. The molecular weight excluding hydrogens is 290 g/mol. The number of benzene rings is 1. The lowest BCUT2D eigenvalue weighted by Gasteiger charge is -2.06. The molecule has 0 aliphatic heterocycles. The third-order valence-electron chi connectivity index (χ3n) is 3.52. The number of aryl methyl sites for hydroxylation is 1. The van der Waals surface area contributed by atoms with Crippen molar-refractivity contribution in [3.05, 3.63) is 66.1 Å². The number of aromatic nitrogens is 1. The van der Waals surface area contributed by atoms with Gasteiger partial charge in [0, 0.05) is 11.8 Å². The van der Waals surface area contributed by atoms with Crippen LogP contribution in [-0.4, -0.2) is 17.6 Å². The molecule has 0 radical (unpaired) electrons. The van der Waals surface area contributed by atoms with Gasteiger partial charge in [-0.05, 0) is 26.0 Å². The van der Waals surface area contributed by atoms with Crippen LogP contribution in [0.2, 0.25) is 0 Å². The van der Waals surface area contributed by atoms with Crippen molar-refractivity contribution in [2.24, 2.45) is 0 Å². The van der Waals surface area contributed by atoms with Gasteiger partial charge in [0.15, 0.2) is 0 Å². The predicted octanol–water partition coefficient (Wildman–Crippen LogP) is 4.49. The van der Waals surface area contributed by atoms with Gasteiger partial charge < -0.3 is 9.15 Å². The number of carbonyl (C=O) groups is 1. The van der Waals surface area contributed by atoms with E-state index in [1.165, 1.54) is 0 Å². The van der Waals surface area contributed by atoms with Crippen LogP contribution in [0.5, 0.6) is 0 Å². The van der Waals surface area contributed by atoms with E-state index in [-0.39, 0.29) is 0 Å². The monoisotopic (exact) mass is 307 g/mol. The van der Waals surface area contributed by atoms with Crippen LogP contribution in [0, 0.1) is 6.92 Å². The van der Waals surface area contributed by atoms with E-state index in [0.717, 1.165) is 5.56 Å². The molecule has 0 amide bonds. The molecule has 2 heterocycles. The lowest BCUT2D eigenvalue weighted by Crippen LogP contribution is -2.07. The van der Waals surface area contributed by atoms with Gasteiger partial charge in [-0.2, -0.15) is 0 Å². The highest BCUT2D eigenvalue weighted by molar-refractivity contribution is 6.03. The zero-order valence-corrected chi connectivity index (χ0v) is 13.1. The first-order valence-corrected chi connectivity index (χ1v) is 7.49. The van der Waals surface area contributed by atoms with Crippen LogP contribution in [0.1, 0.15) is 23.0 Å². The van der Waals surface area contributed by atoms with E-state index in [9.17, 15) is 4.79 Å². The Bertz CT molecular complexity index is 807. The average Bonchev–Trinajstić information content (AvgIpc) is 2.94. The standard InChI is InChI=1S/C19H17NO3/c1-3-22-19(21)17-16(15-11-7-8-12-20-15)13(2)23-18(17)14-9-5-4-6-10-14/h4-12H,3H2,1-2H3. The van der Waals surface area contributed by atoms with E-state index in [1.807, 2.05) is 55.5 Å². The second kappa shape index (κ2) is 6.48. The SMILES string of the molecule is CCOC(=O)c1c(-c2ccccc2)oc(C)c1-c1ccccn1. The van der Waals surface area contributed by atoms with Gasteiger partial charge in [-0.25, -0.2) is 4.79 Å². The third-order valence-corrected chi connectivity index (χ3v) is 3.52. The number of hydrogen-bond donors (Lipinski definition) is 0. The molecule has 1 aromatic carbocycles. The first kappa shape index (κ1) is 15.0.